The van der Waals surface area contributed by atoms with Crippen LogP contribution in [-0.4, -0.2) is 20.3 Å². The van der Waals surface area contributed by atoms with E-state index in [1.165, 1.54) is 12.1 Å². The number of anilines is 1. The number of thiocarbonyl (C=S) groups is 1. The van der Waals surface area contributed by atoms with Crippen molar-refractivity contribution in [3.8, 4) is 5.69 Å². The minimum Gasteiger partial charge on any atom is -0.344 e. The summed E-state index contributed by atoms with van der Waals surface area (Å²) in [5, 5.41) is 13.6. The zero-order valence-electron chi connectivity index (χ0n) is 22.1. The van der Waals surface area contributed by atoms with Crippen LogP contribution in [0, 0.1) is 26.2 Å². The van der Waals surface area contributed by atoms with Gasteiger partial charge in [-0.05, 0) is 78.8 Å². The molecule has 1 aromatic heterocycles. The highest BCUT2D eigenvalue weighted by molar-refractivity contribution is 7.82. The maximum atomic E-state index is 13.8. The zero-order chi connectivity index (χ0) is 27.9. The quantitative estimate of drug-likeness (QED) is 0.168. The van der Waals surface area contributed by atoms with Gasteiger partial charge in [0, 0.05) is 23.6 Å². The summed E-state index contributed by atoms with van der Waals surface area (Å²) in [5.41, 5.74) is 7.54. The molecule has 5 aromatic rings. The van der Waals surface area contributed by atoms with Crippen molar-refractivity contribution in [3.63, 3.8) is 0 Å². The predicted molar refractivity (Wildman–Crippen MR) is 162 cm³/mol. The van der Waals surface area contributed by atoms with E-state index in [2.05, 4.69) is 10.3 Å². The summed E-state index contributed by atoms with van der Waals surface area (Å²) in [5.74, 6) is -2.89. The Kier molecular flexibility index (Phi) is 6.87. The Morgan fingerprint density at radius 2 is 1.72 bits per heavy atom. The summed E-state index contributed by atoms with van der Waals surface area (Å²) in [4.78, 5) is 5.02. The molecule has 0 amide bonds. The minimum absolute atomic E-state index is 0.00544. The number of benzene rings is 4. The van der Waals surface area contributed by atoms with Gasteiger partial charge in [0.1, 0.15) is 11.3 Å². The Morgan fingerprint density at radius 3 is 2.41 bits per heavy atom. The van der Waals surface area contributed by atoms with Crippen LogP contribution in [0.15, 0.2) is 79.1 Å². The number of nitrogens with one attached hydrogen (secondary N) is 2. The number of hydrogen-bond acceptors (Lipinski definition) is 3. The Labute approximate surface area is 231 Å². The van der Waals surface area contributed by atoms with Crippen LogP contribution in [0.1, 0.15) is 34.7 Å². The number of hydrogen-bond donors (Lipinski definition) is 2. The largest absolute Gasteiger partial charge is 0.344 e. The minimum atomic E-state index is -2.89. The monoisotopic (exact) mass is 538 g/mol. The number of halogens is 2. The van der Waals surface area contributed by atoms with Gasteiger partial charge in [0.2, 0.25) is 0 Å². The molecule has 1 heterocycles. The lowest BCUT2D eigenvalue weighted by atomic mass is 10.0. The molecule has 0 saturated heterocycles. The van der Waals surface area contributed by atoms with Gasteiger partial charge in [-0.2, -0.15) is 0 Å². The Bertz CT molecular complexity index is 1770. The molecule has 7 heteroatoms. The normalized spacial score (nSPS) is 11.9. The Morgan fingerprint density at radius 1 is 0.974 bits per heavy atom. The predicted octanol–water partition coefficient (Wildman–Crippen LogP) is 8.69. The highest BCUT2D eigenvalue weighted by Crippen LogP contribution is 2.32. The van der Waals surface area contributed by atoms with Crippen molar-refractivity contribution in [1.82, 2.24) is 9.55 Å². The third-order valence-electron chi connectivity index (χ3n) is 6.93. The van der Waals surface area contributed by atoms with Crippen LogP contribution in [0.5, 0.6) is 0 Å². The highest BCUT2D eigenvalue weighted by atomic mass is 32.1. The second kappa shape index (κ2) is 10.2. The SMILES string of the molecule is Cc1cc(C(C)(F)F)ccc1-n1cnc2c3ccc(/C=C/C(=N)C(=S)Nc4c(C)cccc4C)cc3ccc21. The third-order valence-corrected chi connectivity index (χ3v) is 7.25. The lowest BCUT2D eigenvalue weighted by molar-refractivity contribution is 0.0174. The highest BCUT2D eigenvalue weighted by Gasteiger charge is 2.25. The average Bonchev–Trinajstić information content (AvgIpc) is 3.33. The third kappa shape index (κ3) is 5.22. The standard InChI is InChI=1S/C32H28F2N4S/c1-19-6-5-7-20(2)29(19)37-31(39)26(35)13-9-22-8-12-25-23(17-22)10-14-28-30(25)36-18-38(28)27-15-11-24(16-21(27)3)32(4,33)34/h5-18,35H,1-4H3,(H,37,39)/b13-9+,35-26?. The molecule has 0 spiro atoms. The fraction of sp³-hybridized carbons (Fsp3) is 0.156. The van der Waals surface area contributed by atoms with Gasteiger partial charge >= 0.3 is 0 Å². The fourth-order valence-electron chi connectivity index (χ4n) is 4.77. The second-order valence-corrected chi connectivity index (χ2v) is 10.3. The van der Waals surface area contributed by atoms with Crippen LogP contribution in [0.2, 0.25) is 0 Å². The lowest BCUT2D eigenvalue weighted by Gasteiger charge is -2.14. The van der Waals surface area contributed by atoms with Crippen molar-refractivity contribution in [3.05, 3.63) is 107 Å². The number of nitrogens with zero attached hydrogens (tertiary/aromatic N) is 2. The number of aromatic nitrogens is 2. The van der Waals surface area contributed by atoms with Gasteiger partial charge in [-0.25, -0.2) is 13.8 Å². The molecule has 0 aliphatic rings. The molecular formula is C32H28F2N4S. The van der Waals surface area contributed by atoms with Gasteiger partial charge in [0.15, 0.2) is 0 Å². The number of rotatable bonds is 6. The molecule has 4 aromatic carbocycles. The summed E-state index contributed by atoms with van der Waals surface area (Å²) in [6.07, 6.45) is 5.30. The van der Waals surface area contributed by atoms with Gasteiger partial charge in [-0.3, -0.25) is 9.98 Å². The molecule has 0 fully saturated rings. The smallest absolute Gasteiger partial charge is 0.270 e. The zero-order valence-corrected chi connectivity index (χ0v) is 23.0. The van der Waals surface area contributed by atoms with E-state index < -0.39 is 5.92 Å². The first-order valence-corrected chi connectivity index (χ1v) is 13.0. The molecule has 0 radical (unpaired) electrons. The molecule has 39 heavy (non-hydrogen) atoms. The van der Waals surface area contributed by atoms with Crippen molar-refractivity contribution in [2.24, 2.45) is 0 Å². The topological polar surface area (TPSA) is 53.7 Å². The lowest BCUT2D eigenvalue weighted by Crippen LogP contribution is -2.19. The molecule has 196 valence electrons. The van der Waals surface area contributed by atoms with Crippen molar-refractivity contribution in [1.29, 1.82) is 5.41 Å². The molecule has 2 N–H and O–H groups in total. The van der Waals surface area contributed by atoms with Crippen LogP contribution < -0.4 is 5.32 Å². The molecule has 0 saturated carbocycles. The summed E-state index contributed by atoms with van der Waals surface area (Å²) >= 11 is 5.47. The van der Waals surface area contributed by atoms with Gasteiger partial charge in [0.05, 0.1) is 22.4 Å². The number of para-hydroxylation sites is 1. The average molecular weight is 539 g/mol. The van der Waals surface area contributed by atoms with E-state index in [0.717, 1.165) is 62.4 Å². The Hall–Kier alpha value is -4.23. The summed E-state index contributed by atoms with van der Waals surface area (Å²) in [6.45, 7) is 6.76. The van der Waals surface area contributed by atoms with Gasteiger partial charge < -0.3 is 5.32 Å². The molecule has 0 bridgehead atoms. The molecule has 0 unspecified atom stereocenters. The van der Waals surface area contributed by atoms with Gasteiger partial charge in [0.25, 0.3) is 5.92 Å². The van der Waals surface area contributed by atoms with E-state index in [0.29, 0.717) is 4.99 Å². The molecular weight excluding hydrogens is 510 g/mol. The first kappa shape index (κ1) is 26.4. The second-order valence-electron chi connectivity index (χ2n) is 9.89. The number of imidazole rings is 1. The summed E-state index contributed by atoms with van der Waals surface area (Å²) in [7, 11) is 0. The van der Waals surface area contributed by atoms with Crippen LogP contribution in [0.25, 0.3) is 33.6 Å². The Balaban J connectivity index is 1.40. The first-order valence-electron chi connectivity index (χ1n) is 12.6. The van der Waals surface area contributed by atoms with Crippen molar-refractivity contribution >= 4 is 56.5 Å². The number of alkyl halides is 2. The molecule has 5 rings (SSSR count). The van der Waals surface area contributed by atoms with Crippen LogP contribution in [-0.2, 0) is 5.92 Å². The van der Waals surface area contributed by atoms with E-state index in [1.54, 1.807) is 18.5 Å². The fourth-order valence-corrected chi connectivity index (χ4v) is 4.94. The van der Waals surface area contributed by atoms with E-state index >= 15 is 0 Å². The number of fused-ring (bicyclic) bond motifs is 3. The van der Waals surface area contributed by atoms with Crippen LogP contribution in [0.4, 0.5) is 14.5 Å². The maximum Gasteiger partial charge on any atom is 0.270 e. The summed E-state index contributed by atoms with van der Waals surface area (Å²) in [6, 6.07) is 20.8. The van der Waals surface area contributed by atoms with E-state index in [-0.39, 0.29) is 11.3 Å². The van der Waals surface area contributed by atoms with Crippen LogP contribution in [0.3, 0.4) is 0 Å². The van der Waals surface area contributed by atoms with Gasteiger partial charge in [-0.1, -0.05) is 60.8 Å². The first-order chi connectivity index (χ1) is 18.5. The maximum absolute atomic E-state index is 13.8. The molecule has 4 nitrogen and oxygen atoms in total. The van der Waals surface area contributed by atoms with E-state index in [4.69, 9.17) is 17.6 Å². The van der Waals surface area contributed by atoms with Crippen molar-refractivity contribution in [2.45, 2.75) is 33.6 Å². The van der Waals surface area contributed by atoms with Crippen molar-refractivity contribution in [2.75, 3.05) is 5.32 Å². The summed E-state index contributed by atoms with van der Waals surface area (Å²) < 4.78 is 29.5. The van der Waals surface area contributed by atoms with Gasteiger partial charge in [-0.15, -0.1) is 0 Å². The molecule has 0 atom stereocenters. The molecule has 0 aliphatic heterocycles. The van der Waals surface area contributed by atoms with Crippen molar-refractivity contribution < 1.29 is 8.78 Å². The molecule has 0 aliphatic carbocycles. The van der Waals surface area contributed by atoms with E-state index in [1.807, 2.05) is 79.9 Å². The number of aryl methyl sites for hydroxylation is 3. The van der Waals surface area contributed by atoms with Crippen LogP contribution >= 0.6 is 12.2 Å². The van der Waals surface area contributed by atoms with E-state index in [9.17, 15) is 8.78 Å².